The lowest BCUT2D eigenvalue weighted by molar-refractivity contribution is 0.00282. The minimum atomic E-state index is 0.844. The van der Waals surface area contributed by atoms with Gasteiger partial charge in [-0.25, -0.2) is 0 Å². The van der Waals surface area contributed by atoms with Gasteiger partial charge in [-0.15, -0.1) is 0 Å². The zero-order valence-corrected chi connectivity index (χ0v) is 5.39. The largest absolute Gasteiger partial charge is 0.366 e. The Bertz CT molecular complexity index is 61.5. The Morgan fingerprint density at radius 2 is 2.25 bits per heavy atom. The lowest BCUT2D eigenvalue weighted by Gasteiger charge is -2.29. The van der Waals surface area contributed by atoms with E-state index in [0.717, 1.165) is 13.3 Å². The quantitative estimate of drug-likeness (QED) is 0.536. The van der Waals surface area contributed by atoms with Gasteiger partial charge < -0.3 is 4.74 Å². The van der Waals surface area contributed by atoms with E-state index in [1.54, 1.807) is 0 Å². The summed E-state index contributed by atoms with van der Waals surface area (Å²) < 4.78 is 5.16. The maximum absolute atomic E-state index is 5.16. The van der Waals surface area contributed by atoms with Crippen molar-refractivity contribution in [2.24, 2.45) is 0 Å². The molecule has 0 aromatic heterocycles. The average Bonchev–Trinajstić information content (AvgIpc) is 1.63. The molecule has 0 saturated carbocycles. The molecule has 1 saturated heterocycles. The molecule has 0 N–H and O–H groups in total. The molecule has 0 amide bonds. The van der Waals surface area contributed by atoms with Gasteiger partial charge in [0, 0.05) is 19.7 Å². The molecule has 2 nitrogen and oxygen atoms in total. The highest BCUT2D eigenvalue weighted by molar-refractivity contribution is 4.63. The van der Waals surface area contributed by atoms with Crippen LogP contribution in [0.1, 0.15) is 13.3 Å². The van der Waals surface area contributed by atoms with Crippen LogP contribution in [0.5, 0.6) is 0 Å². The van der Waals surface area contributed by atoms with Gasteiger partial charge in [0.25, 0.3) is 0 Å². The first-order chi connectivity index (χ1) is 3.93. The third kappa shape index (κ3) is 1.46. The van der Waals surface area contributed by atoms with Crippen molar-refractivity contribution in [2.75, 3.05) is 26.4 Å². The first-order valence-corrected chi connectivity index (χ1v) is 3.23. The van der Waals surface area contributed by atoms with Crippen LogP contribution in [-0.2, 0) is 4.74 Å². The van der Waals surface area contributed by atoms with Crippen LogP contribution in [0.15, 0.2) is 0 Å². The van der Waals surface area contributed by atoms with Crippen LogP contribution in [0.25, 0.3) is 0 Å². The van der Waals surface area contributed by atoms with E-state index in [0.29, 0.717) is 0 Å². The SMILES string of the molecule is CCOCN1CCC1. The fraction of sp³-hybridized carbons (Fsp3) is 1.00. The number of hydrogen-bond acceptors (Lipinski definition) is 2. The van der Waals surface area contributed by atoms with Crippen LogP contribution in [-0.4, -0.2) is 31.3 Å². The van der Waals surface area contributed by atoms with Crippen molar-refractivity contribution in [3.05, 3.63) is 0 Å². The Morgan fingerprint density at radius 1 is 1.50 bits per heavy atom. The van der Waals surface area contributed by atoms with E-state index in [1.807, 2.05) is 6.92 Å². The summed E-state index contributed by atoms with van der Waals surface area (Å²) in [7, 11) is 0. The third-order valence-corrected chi connectivity index (χ3v) is 1.43. The Labute approximate surface area is 50.4 Å². The summed E-state index contributed by atoms with van der Waals surface area (Å²) in [4.78, 5) is 2.30. The van der Waals surface area contributed by atoms with E-state index in [9.17, 15) is 0 Å². The topological polar surface area (TPSA) is 12.5 Å². The fourth-order valence-electron chi connectivity index (χ4n) is 0.731. The zero-order chi connectivity index (χ0) is 5.82. The predicted molar refractivity (Wildman–Crippen MR) is 32.7 cm³/mol. The first-order valence-electron chi connectivity index (χ1n) is 3.23. The molecule has 1 aliphatic heterocycles. The van der Waals surface area contributed by atoms with E-state index in [1.165, 1.54) is 19.5 Å². The number of likely N-dealkylation sites (tertiary alicyclic amines) is 1. The van der Waals surface area contributed by atoms with Gasteiger partial charge in [-0.2, -0.15) is 0 Å². The van der Waals surface area contributed by atoms with Crippen molar-refractivity contribution in [3.8, 4) is 0 Å². The van der Waals surface area contributed by atoms with Gasteiger partial charge >= 0.3 is 0 Å². The molecule has 1 heterocycles. The number of rotatable bonds is 3. The summed E-state index contributed by atoms with van der Waals surface area (Å²) in [5.74, 6) is 0. The monoisotopic (exact) mass is 115 g/mol. The molecule has 0 aromatic carbocycles. The molecule has 0 aliphatic carbocycles. The lowest BCUT2D eigenvalue weighted by Crippen LogP contribution is -2.38. The van der Waals surface area contributed by atoms with Crippen LogP contribution in [0.2, 0.25) is 0 Å². The van der Waals surface area contributed by atoms with Gasteiger partial charge in [0.15, 0.2) is 0 Å². The second-order valence-corrected chi connectivity index (χ2v) is 2.09. The summed E-state index contributed by atoms with van der Waals surface area (Å²) >= 11 is 0. The summed E-state index contributed by atoms with van der Waals surface area (Å²) in [6.45, 7) is 6.19. The molecule has 1 fully saturated rings. The minimum absolute atomic E-state index is 0.844. The Balaban J connectivity index is 1.86. The van der Waals surface area contributed by atoms with Gasteiger partial charge in [-0.1, -0.05) is 0 Å². The van der Waals surface area contributed by atoms with Crippen molar-refractivity contribution >= 4 is 0 Å². The molecule has 48 valence electrons. The van der Waals surface area contributed by atoms with Crippen LogP contribution < -0.4 is 0 Å². The molecule has 1 rings (SSSR count). The fourth-order valence-corrected chi connectivity index (χ4v) is 0.731. The smallest absolute Gasteiger partial charge is 0.0990 e. The normalized spacial score (nSPS) is 20.6. The zero-order valence-electron chi connectivity index (χ0n) is 5.39. The summed E-state index contributed by atoms with van der Waals surface area (Å²) in [6.07, 6.45) is 1.35. The number of hydrogen-bond donors (Lipinski definition) is 0. The standard InChI is InChI=1S/C6H13NO/c1-2-8-6-7-4-3-5-7/h2-6H2,1H3. The Morgan fingerprint density at radius 3 is 2.62 bits per heavy atom. The van der Waals surface area contributed by atoms with Crippen molar-refractivity contribution in [1.29, 1.82) is 0 Å². The number of ether oxygens (including phenoxy) is 1. The van der Waals surface area contributed by atoms with Gasteiger partial charge in [-0.05, 0) is 13.3 Å². The predicted octanol–water partition coefficient (Wildman–Crippen LogP) is 0.686. The first kappa shape index (κ1) is 6.05. The molecular weight excluding hydrogens is 102 g/mol. The molecule has 0 spiro atoms. The maximum atomic E-state index is 5.16. The molecule has 1 aliphatic rings. The Hall–Kier alpha value is -0.0800. The molecule has 0 unspecified atom stereocenters. The summed E-state index contributed by atoms with van der Waals surface area (Å²) in [6, 6.07) is 0. The molecule has 8 heavy (non-hydrogen) atoms. The van der Waals surface area contributed by atoms with Crippen molar-refractivity contribution in [2.45, 2.75) is 13.3 Å². The molecule has 0 radical (unpaired) electrons. The van der Waals surface area contributed by atoms with Gasteiger partial charge in [-0.3, -0.25) is 4.90 Å². The van der Waals surface area contributed by atoms with Crippen molar-refractivity contribution in [3.63, 3.8) is 0 Å². The lowest BCUT2D eigenvalue weighted by atomic mass is 10.2. The molecular formula is C6H13NO. The third-order valence-electron chi connectivity index (χ3n) is 1.43. The van der Waals surface area contributed by atoms with Crippen LogP contribution in [0, 0.1) is 0 Å². The highest BCUT2D eigenvalue weighted by Crippen LogP contribution is 2.03. The van der Waals surface area contributed by atoms with E-state index >= 15 is 0 Å². The van der Waals surface area contributed by atoms with E-state index in [-0.39, 0.29) is 0 Å². The van der Waals surface area contributed by atoms with E-state index < -0.39 is 0 Å². The van der Waals surface area contributed by atoms with Crippen LogP contribution >= 0.6 is 0 Å². The molecule has 0 atom stereocenters. The van der Waals surface area contributed by atoms with Crippen molar-refractivity contribution in [1.82, 2.24) is 4.90 Å². The van der Waals surface area contributed by atoms with Crippen LogP contribution in [0.4, 0.5) is 0 Å². The molecule has 0 aromatic rings. The highest BCUT2D eigenvalue weighted by atomic mass is 16.5. The minimum Gasteiger partial charge on any atom is -0.366 e. The maximum Gasteiger partial charge on any atom is 0.0990 e. The average molecular weight is 115 g/mol. The molecule has 2 heteroatoms. The van der Waals surface area contributed by atoms with Gasteiger partial charge in [0.2, 0.25) is 0 Å². The van der Waals surface area contributed by atoms with Crippen LogP contribution in [0.3, 0.4) is 0 Å². The van der Waals surface area contributed by atoms with Gasteiger partial charge in [0.05, 0.1) is 6.73 Å². The van der Waals surface area contributed by atoms with E-state index in [4.69, 9.17) is 4.74 Å². The highest BCUT2D eigenvalue weighted by Gasteiger charge is 2.11. The molecule has 0 bridgehead atoms. The number of nitrogens with zero attached hydrogens (tertiary/aromatic N) is 1. The summed E-state index contributed by atoms with van der Waals surface area (Å²) in [5, 5.41) is 0. The van der Waals surface area contributed by atoms with E-state index in [2.05, 4.69) is 4.90 Å². The van der Waals surface area contributed by atoms with Crippen molar-refractivity contribution < 1.29 is 4.74 Å². The second-order valence-electron chi connectivity index (χ2n) is 2.09. The second kappa shape index (κ2) is 3.05. The summed E-state index contributed by atoms with van der Waals surface area (Å²) in [5.41, 5.74) is 0. The Kier molecular flexibility index (Phi) is 2.30. The van der Waals surface area contributed by atoms with Gasteiger partial charge in [0.1, 0.15) is 0 Å².